The van der Waals surface area contributed by atoms with E-state index in [4.69, 9.17) is 20.8 Å². The molecule has 6 heteroatoms. The number of aryl methyl sites for hydroxylation is 1. The van der Waals surface area contributed by atoms with Gasteiger partial charge in [-0.1, -0.05) is 69.6 Å². The number of fused-ring (bicyclic) bond motifs is 1. The van der Waals surface area contributed by atoms with Crippen molar-refractivity contribution in [2.75, 3.05) is 0 Å². The summed E-state index contributed by atoms with van der Waals surface area (Å²) in [5.74, 6) is 0.710. The second kappa shape index (κ2) is 10.6. The van der Waals surface area contributed by atoms with Crippen molar-refractivity contribution in [3.8, 4) is 11.5 Å². The van der Waals surface area contributed by atoms with Gasteiger partial charge in [-0.15, -0.1) is 0 Å². The lowest BCUT2D eigenvalue weighted by molar-refractivity contribution is 0.0917. The maximum Gasteiger partial charge on any atom is 0.287 e. The second-order valence-corrected chi connectivity index (χ2v) is 12.2. The Morgan fingerprint density at radius 2 is 1.52 bits per heavy atom. The van der Waals surface area contributed by atoms with Crippen molar-refractivity contribution in [3.05, 3.63) is 117 Å². The Morgan fingerprint density at radius 3 is 2.23 bits per heavy atom. The predicted octanol–water partition coefficient (Wildman–Crippen LogP) is 8.54. The summed E-state index contributed by atoms with van der Waals surface area (Å²) in [4.78, 5) is 26.5. The van der Waals surface area contributed by atoms with Crippen LogP contribution in [0.1, 0.15) is 89.5 Å². The number of benzene rings is 3. The fourth-order valence-electron chi connectivity index (χ4n) is 5.36. The van der Waals surface area contributed by atoms with Crippen LogP contribution >= 0.6 is 11.6 Å². The lowest BCUT2D eigenvalue weighted by atomic mass is 9.62. The number of furan rings is 1. The highest BCUT2D eigenvalue weighted by atomic mass is 35.5. The van der Waals surface area contributed by atoms with E-state index in [0.717, 1.165) is 18.4 Å². The van der Waals surface area contributed by atoms with E-state index >= 15 is 0 Å². The first-order valence-electron chi connectivity index (χ1n) is 13.5. The number of carbonyl (C=O) groups is 2. The van der Waals surface area contributed by atoms with Crippen molar-refractivity contribution in [2.24, 2.45) is 0 Å². The van der Waals surface area contributed by atoms with Gasteiger partial charge in [-0.25, -0.2) is 0 Å². The molecule has 1 aliphatic rings. The Labute approximate surface area is 240 Å². The normalized spacial score (nSPS) is 15.2. The quantitative estimate of drug-likeness (QED) is 0.232. The van der Waals surface area contributed by atoms with Crippen LogP contribution in [0.5, 0.6) is 11.5 Å². The smallest absolute Gasteiger partial charge is 0.287 e. The number of ketones is 1. The molecule has 5 nitrogen and oxygen atoms in total. The highest BCUT2D eigenvalue weighted by molar-refractivity contribution is 6.31. The molecule has 0 saturated heterocycles. The molecule has 0 saturated carbocycles. The van der Waals surface area contributed by atoms with Crippen molar-refractivity contribution in [1.82, 2.24) is 5.32 Å². The molecule has 1 N–H and O–H groups in total. The lowest BCUT2D eigenvalue weighted by Crippen LogP contribution is -2.34. The molecule has 3 aromatic carbocycles. The summed E-state index contributed by atoms with van der Waals surface area (Å²) >= 11 is 6.44. The molecule has 1 aromatic heterocycles. The Bertz CT molecular complexity index is 1580. The molecule has 0 atom stereocenters. The van der Waals surface area contributed by atoms with Gasteiger partial charge in [-0.05, 0) is 89.8 Å². The molecule has 0 fully saturated rings. The number of amides is 1. The van der Waals surface area contributed by atoms with Crippen LogP contribution in [-0.4, -0.2) is 11.7 Å². The van der Waals surface area contributed by atoms with Gasteiger partial charge in [0.25, 0.3) is 5.91 Å². The summed E-state index contributed by atoms with van der Waals surface area (Å²) in [6.07, 6.45) is 2.16. The summed E-state index contributed by atoms with van der Waals surface area (Å²) < 4.78 is 11.8. The highest BCUT2D eigenvalue weighted by Crippen LogP contribution is 2.46. The van der Waals surface area contributed by atoms with E-state index < -0.39 is 5.91 Å². The molecule has 4 aromatic rings. The van der Waals surface area contributed by atoms with Gasteiger partial charge in [0.15, 0.2) is 11.5 Å². The third-order valence-electron chi connectivity index (χ3n) is 7.97. The number of nitrogens with one attached hydrogen (secondary N) is 1. The van der Waals surface area contributed by atoms with Crippen molar-refractivity contribution in [2.45, 2.75) is 64.8 Å². The molecule has 1 amide bonds. The van der Waals surface area contributed by atoms with Gasteiger partial charge >= 0.3 is 0 Å². The molecule has 0 unspecified atom stereocenters. The van der Waals surface area contributed by atoms with Gasteiger partial charge in [0.05, 0.1) is 0 Å². The van der Waals surface area contributed by atoms with E-state index in [-0.39, 0.29) is 34.7 Å². The van der Waals surface area contributed by atoms with Gasteiger partial charge in [0.2, 0.25) is 5.78 Å². The standard InChI is InChI=1S/C34H34ClNO4/c1-21-18-25-26(34(4,5)17-16-33(25,2)3)19-23(21)31(37)29-14-15-30(40-29)32(38)36-20-24-27(35)12-9-13-28(24)39-22-10-7-6-8-11-22/h6-15,18-19H,16-17,20H2,1-5H3,(H,36,38). The number of ether oxygens (including phenoxy) is 1. The maximum atomic E-state index is 13.5. The van der Waals surface area contributed by atoms with Crippen LogP contribution in [0.2, 0.25) is 5.02 Å². The maximum absolute atomic E-state index is 13.5. The average molecular weight is 556 g/mol. The van der Waals surface area contributed by atoms with Gasteiger partial charge < -0.3 is 14.5 Å². The fraction of sp³-hybridized carbons (Fsp3) is 0.294. The topological polar surface area (TPSA) is 68.5 Å². The molecule has 206 valence electrons. The zero-order valence-electron chi connectivity index (χ0n) is 23.6. The molecule has 0 radical (unpaired) electrons. The minimum absolute atomic E-state index is 0.0242. The molecule has 40 heavy (non-hydrogen) atoms. The summed E-state index contributed by atoms with van der Waals surface area (Å²) in [5, 5.41) is 3.31. The number of para-hydroxylation sites is 1. The third-order valence-corrected chi connectivity index (χ3v) is 8.32. The van der Waals surface area contributed by atoms with Crippen LogP contribution < -0.4 is 10.1 Å². The van der Waals surface area contributed by atoms with Crippen molar-refractivity contribution < 1.29 is 18.7 Å². The van der Waals surface area contributed by atoms with E-state index in [1.54, 1.807) is 24.3 Å². The molecule has 5 rings (SSSR count). The Kier molecular flexibility index (Phi) is 7.36. The molecule has 0 spiro atoms. The molecular weight excluding hydrogens is 522 g/mol. The fourth-order valence-corrected chi connectivity index (χ4v) is 5.59. The van der Waals surface area contributed by atoms with E-state index in [1.165, 1.54) is 17.2 Å². The molecule has 1 heterocycles. The second-order valence-electron chi connectivity index (χ2n) is 11.8. The van der Waals surface area contributed by atoms with E-state index in [9.17, 15) is 9.59 Å². The van der Waals surface area contributed by atoms with Crippen LogP contribution in [0.4, 0.5) is 0 Å². The van der Waals surface area contributed by atoms with Crippen LogP contribution in [0.25, 0.3) is 0 Å². The first-order valence-corrected chi connectivity index (χ1v) is 13.9. The van der Waals surface area contributed by atoms with Gasteiger partial charge in [-0.2, -0.15) is 0 Å². The Hall–Kier alpha value is -3.83. The summed E-state index contributed by atoms with van der Waals surface area (Å²) in [7, 11) is 0. The van der Waals surface area contributed by atoms with E-state index in [1.807, 2.05) is 43.3 Å². The van der Waals surface area contributed by atoms with Crippen molar-refractivity contribution in [3.63, 3.8) is 0 Å². The SMILES string of the molecule is Cc1cc2c(cc1C(=O)c1ccc(C(=O)NCc3c(Cl)cccc3Oc3ccccc3)o1)C(C)(C)CCC2(C)C. The largest absolute Gasteiger partial charge is 0.457 e. The van der Waals surface area contributed by atoms with E-state index in [0.29, 0.717) is 27.6 Å². The number of halogens is 1. The monoisotopic (exact) mass is 555 g/mol. The molecule has 0 bridgehead atoms. The number of hydrogen-bond donors (Lipinski definition) is 1. The van der Waals surface area contributed by atoms with Crippen LogP contribution in [0.3, 0.4) is 0 Å². The van der Waals surface area contributed by atoms with Crippen molar-refractivity contribution in [1.29, 1.82) is 0 Å². The van der Waals surface area contributed by atoms with Gasteiger partial charge in [-0.3, -0.25) is 9.59 Å². The Balaban J connectivity index is 1.34. The Morgan fingerprint density at radius 1 is 0.875 bits per heavy atom. The van der Waals surface area contributed by atoms with E-state index in [2.05, 4.69) is 39.1 Å². The van der Waals surface area contributed by atoms with Gasteiger partial charge in [0.1, 0.15) is 11.5 Å². The molecule has 0 aliphatic heterocycles. The predicted molar refractivity (Wildman–Crippen MR) is 158 cm³/mol. The van der Waals surface area contributed by atoms with Crippen LogP contribution in [0, 0.1) is 6.92 Å². The summed E-state index contributed by atoms with van der Waals surface area (Å²) in [5.41, 5.74) is 4.68. The van der Waals surface area contributed by atoms with Crippen LogP contribution in [0.15, 0.2) is 77.2 Å². The lowest BCUT2D eigenvalue weighted by Gasteiger charge is -2.42. The summed E-state index contributed by atoms with van der Waals surface area (Å²) in [6, 6.07) is 22.0. The molecule has 1 aliphatic carbocycles. The highest BCUT2D eigenvalue weighted by Gasteiger charge is 2.38. The third kappa shape index (κ3) is 5.44. The van der Waals surface area contributed by atoms with Gasteiger partial charge in [0, 0.05) is 22.7 Å². The summed E-state index contributed by atoms with van der Waals surface area (Å²) in [6.45, 7) is 11.1. The first kappa shape index (κ1) is 27.7. The minimum atomic E-state index is -0.449. The minimum Gasteiger partial charge on any atom is -0.457 e. The zero-order valence-corrected chi connectivity index (χ0v) is 24.3. The number of hydrogen-bond acceptors (Lipinski definition) is 4. The van der Waals surface area contributed by atoms with Crippen molar-refractivity contribution >= 4 is 23.3 Å². The first-order chi connectivity index (χ1) is 19.0. The zero-order chi connectivity index (χ0) is 28.7. The molecular formula is C34H34ClNO4. The number of rotatable bonds is 7. The van der Waals surface area contributed by atoms with Crippen LogP contribution in [-0.2, 0) is 17.4 Å². The average Bonchev–Trinajstić information content (AvgIpc) is 3.42. The number of carbonyl (C=O) groups excluding carboxylic acids is 2.